The van der Waals surface area contributed by atoms with E-state index in [1.165, 1.54) is 0 Å². The van der Waals surface area contributed by atoms with Crippen LogP contribution in [0.3, 0.4) is 0 Å². The van der Waals surface area contributed by atoms with Crippen LogP contribution in [0.5, 0.6) is 0 Å². The topological polar surface area (TPSA) is 120 Å². The van der Waals surface area contributed by atoms with E-state index in [2.05, 4.69) is 0 Å². The van der Waals surface area contributed by atoms with Crippen molar-refractivity contribution in [1.29, 1.82) is 0 Å². The van der Waals surface area contributed by atoms with E-state index in [1.807, 2.05) is 0 Å². The summed E-state index contributed by atoms with van der Waals surface area (Å²) in [5.41, 5.74) is 0. The molecule has 0 amide bonds. The second-order valence-electron chi connectivity index (χ2n) is 2.36. The monoisotopic (exact) mass is 498 g/mol. The van der Waals surface area contributed by atoms with E-state index in [0.717, 1.165) is 0 Å². The first kappa shape index (κ1) is 29.1. The van der Waals surface area contributed by atoms with Gasteiger partial charge in [-0.2, -0.15) is 39.5 Å². The zero-order valence-electron chi connectivity index (χ0n) is 9.18. The van der Waals surface area contributed by atoms with E-state index in [4.69, 9.17) is 29.7 Å². The van der Waals surface area contributed by atoms with E-state index in [-0.39, 0.29) is 38.6 Å². The van der Waals surface area contributed by atoms with Gasteiger partial charge in [0.25, 0.3) is 0 Å². The van der Waals surface area contributed by atoms with E-state index in [1.54, 1.807) is 0 Å². The fourth-order valence-corrected chi connectivity index (χ4v) is 0. The van der Waals surface area contributed by atoms with Crippen LogP contribution in [0.15, 0.2) is 0 Å². The van der Waals surface area contributed by atoms with Gasteiger partial charge >= 0.3 is 57.1 Å². The van der Waals surface area contributed by atoms with Gasteiger partial charge in [-0.25, -0.2) is 0 Å². The molecule has 0 bridgehead atoms. The van der Waals surface area contributed by atoms with E-state index in [9.17, 15) is 39.5 Å². The van der Waals surface area contributed by atoms with Crippen molar-refractivity contribution >= 4 is 17.9 Å². The van der Waals surface area contributed by atoms with Crippen LogP contribution in [-0.4, -0.2) is 36.4 Å². The van der Waals surface area contributed by atoms with Crippen molar-refractivity contribution in [3.63, 3.8) is 0 Å². The molecule has 0 saturated carbocycles. The molecule has 0 radical (unpaired) electrons. The number of hydrogen-bond acceptors (Lipinski definition) is 6. The molecule has 16 heteroatoms. The molecule has 6 nitrogen and oxygen atoms in total. The van der Waals surface area contributed by atoms with E-state index >= 15 is 0 Å². The van der Waals surface area contributed by atoms with Crippen molar-refractivity contribution in [1.82, 2.24) is 0 Å². The number of carboxylic acids is 3. The van der Waals surface area contributed by atoms with Crippen molar-refractivity contribution in [2.45, 2.75) is 18.5 Å². The Hall–Kier alpha value is -0.934. The second kappa shape index (κ2) is 10.7. The first-order valence-corrected chi connectivity index (χ1v) is 3.68. The van der Waals surface area contributed by atoms with Gasteiger partial charge in [-0.15, -0.1) is 0 Å². The summed E-state index contributed by atoms with van der Waals surface area (Å²) in [6.07, 6.45) is -15.6. The van der Waals surface area contributed by atoms with Gasteiger partial charge in [-0.1, -0.05) is 0 Å². The number of rotatable bonds is 0. The van der Waals surface area contributed by atoms with Gasteiger partial charge in [0.15, 0.2) is 0 Å². The number of carbonyl (C=O) groups is 3. The molecule has 0 rings (SSSR count). The Morgan fingerprint density at radius 3 is 0.545 bits per heavy atom. The summed E-state index contributed by atoms with van der Waals surface area (Å²) in [4.78, 5) is 26.4. The summed E-state index contributed by atoms with van der Waals surface area (Å²) in [7, 11) is 0. The van der Waals surface area contributed by atoms with Gasteiger partial charge in [0, 0.05) is 0 Å². The second-order valence-corrected chi connectivity index (χ2v) is 2.36. The number of alkyl halides is 9. The number of carbonyl (C=O) groups excluding carboxylic acids is 3. The molecule has 0 spiro atoms. The maximum Gasteiger partial charge on any atom is 3.00 e. The van der Waals surface area contributed by atoms with E-state index in [0.29, 0.717) is 0 Å². The minimum atomic E-state index is -5.19. The quantitative estimate of drug-likeness (QED) is 0.353. The molecule has 0 aromatic carbocycles. The van der Waals surface area contributed by atoms with Crippen LogP contribution >= 0.6 is 0 Å². The fraction of sp³-hybridized carbons (Fsp3) is 0.500. The first-order valence-electron chi connectivity index (χ1n) is 3.68. The van der Waals surface area contributed by atoms with Crippen LogP contribution in [0, 0.1) is 38.6 Å². The third-order valence-electron chi connectivity index (χ3n) is 0.694. The van der Waals surface area contributed by atoms with Crippen molar-refractivity contribution in [2.75, 3.05) is 0 Å². The number of halogens is 9. The molecular weight excluding hydrogens is 498 g/mol. The SMILES string of the molecule is O=C([O-])C(F)(F)F.O=C([O-])C(F)(F)F.O=C([O-])C(F)(F)F.[Tb+3]. The minimum Gasteiger partial charge on any atom is -0.542 e. The average Bonchev–Trinajstić information content (AvgIpc) is 2.14. The molecule has 0 fully saturated rings. The summed E-state index contributed by atoms with van der Waals surface area (Å²) in [6.45, 7) is 0. The smallest absolute Gasteiger partial charge is 0.542 e. The van der Waals surface area contributed by atoms with Crippen molar-refractivity contribution in [3.05, 3.63) is 0 Å². The Kier molecular flexibility index (Phi) is 14.2. The third-order valence-corrected chi connectivity index (χ3v) is 0.694. The maximum atomic E-state index is 10.5. The summed E-state index contributed by atoms with van der Waals surface area (Å²) in [5.74, 6) is -9.02. The molecule has 22 heavy (non-hydrogen) atoms. The van der Waals surface area contributed by atoms with Gasteiger partial charge in [-0.05, 0) is 0 Å². The van der Waals surface area contributed by atoms with E-state index < -0.39 is 36.4 Å². The van der Waals surface area contributed by atoms with Crippen LogP contribution < -0.4 is 15.3 Å². The maximum absolute atomic E-state index is 10.5. The number of carboxylic acid groups (broad SMARTS) is 3. The van der Waals surface area contributed by atoms with Crippen LogP contribution in [-0.2, 0) is 14.4 Å². The van der Waals surface area contributed by atoms with Crippen molar-refractivity contribution < 1.29 is 108 Å². The molecule has 0 aromatic rings. The van der Waals surface area contributed by atoms with Gasteiger partial charge in [0.2, 0.25) is 0 Å². The Balaban J connectivity index is -0.000000108. The van der Waals surface area contributed by atoms with Gasteiger partial charge in [0.05, 0.1) is 0 Å². The summed E-state index contributed by atoms with van der Waals surface area (Å²) < 4.78 is 94.6. The number of aliphatic carboxylic acids is 3. The van der Waals surface area contributed by atoms with Crippen LogP contribution in [0.4, 0.5) is 39.5 Å². The Morgan fingerprint density at radius 2 is 0.545 bits per heavy atom. The largest absolute Gasteiger partial charge is 3.00 e. The Morgan fingerprint density at radius 1 is 0.500 bits per heavy atom. The molecule has 0 N–H and O–H groups in total. The summed E-state index contributed by atoms with van der Waals surface area (Å²) in [6, 6.07) is 0. The molecule has 0 unspecified atom stereocenters. The van der Waals surface area contributed by atoms with Gasteiger partial charge in [0.1, 0.15) is 17.9 Å². The van der Waals surface area contributed by atoms with Crippen molar-refractivity contribution in [2.24, 2.45) is 0 Å². The normalized spacial score (nSPS) is 10.8. The molecule has 0 saturated heterocycles. The molecule has 132 valence electrons. The van der Waals surface area contributed by atoms with Crippen LogP contribution in [0.1, 0.15) is 0 Å². The van der Waals surface area contributed by atoms with Gasteiger partial charge < -0.3 is 29.7 Å². The van der Waals surface area contributed by atoms with Crippen molar-refractivity contribution in [3.8, 4) is 0 Å². The molecule has 0 aliphatic heterocycles. The predicted octanol–water partition coefficient (Wildman–Crippen LogP) is -2.10. The summed E-state index contributed by atoms with van der Waals surface area (Å²) >= 11 is 0. The Labute approximate surface area is 144 Å². The zero-order chi connectivity index (χ0) is 18.2. The molecular formula is C6F9O6Tb. The zero-order valence-corrected chi connectivity index (χ0v) is 11.3. The molecule has 0 heterocycles. The number of hydrogen-bond donors (Lipinski definition) is 0. The van der Waals surface area contributed by atoms with Crippen LogP contribution in [0.2, 0.25) is 0 Å². The predicted molar refractivity (Wildman–Crippen MR) is 33.2 cm³/mol. The summed E-state index contributed by atoms with van der Waals surface area (Å²) in [5, 5.41) is 26.4. The standard InChI is InChI=1S/3C2HF3O2.Tb/c3*3-2(4,5)1(6)7;/h3*(H,6,7);/q;;;+3/p-3. The molecule has 0 aromatic heterocycles. The van der Waals surface area contributed by atoms with Gasteiger partial charge in [-0.3, -0.25) is 0 Å². The molecule has 0 atom stereocenters. The molecule has 0 aliphatic rings. The molecule has 0 aliphatic carbocycles. The average molecular weight is 498 g/mol. The Bertz CT molecular complexity index is 313. The minimum absolute atomic E-state index is 0. The van der Waals surface area contributed by atoms with Crippen LogP contribution in [0.25, 0.3) is 0 Å². The fourth-order valence-electron chi connectivity index (χ4n) is 0. The first-order chi connectivity index (χ1) is 8.83. The third kappa shape index (κ3) is 21.4.